The standard InChI is InChI=1S/C8H5N3O2S2/c12-7(13)6-5(3-9-4-11-6)15-8-10-1-2-14-8/h1-4H,(H,12,13). The van der Waals surface area contributed by atoms with Gasteiger partial charge in [-0.1, -0.05) is 11.8 Å². The minimum atomic E-state index is -1.06. The summed E-state index contributed by atoms with van der Waals surface area (Å²) in [5, 5.41) is 10.7. The van der Waals surface area contributed by atoms with E-state index in [0.29, 0.717) is 4.90 Å². The molecule has 0 aliphatic heterocycles. The number of carboxylic acids is 1. The summed E-state index contributed by atoms with van der Waals surface area (Å²) in [5.41, 5.74) is 0.00481. The molecule has 0 aromatic carbocycles. The van der Waals surface area contributed by atoms with E-state index >= 15 is 0 Å². The topological polar surface area (TPSA) is 76.0 Å². The van der Waals surface area contributed by atoms with Crippen LogP contribution >= 0.6 is 23.1 Å². The molecule has 0 radical (unpaired) electrons. The predicted octanol–water partition coefficient (Wildman–Crippen LogP) is 1.78. The first-order valence-electron chi connectivity index (χ1n) is 3.88. The lowest BCUT2D eigenvalue weighted by atomic mass is 10.4. The predicted molar refractivity (Wildman–Crippen MR) is 55.2 cm³/mol. The van der Waals surface area contributed by atoms with Crippen LogP contribution in [0.15, 0.2) is 33.3 Å². The molecule has 15 heavy (non-hydrogen) atoms. The van der Waals surface area contributed by atoms with Gasteiger partial charge in [0, 0.05) is 17.8 Å². The van der Waals surface area contributed by atoms with E-state index < -0.39 is 5.97 Å². The van der Waals surface area contributed by atoms with Gasteiger partial charge < -0.3 is 5.11 Å². The summed E-state index contributed by atoms with van der Waals surface area (Å²) in [5.74, 6) is -1.06. The summed E-state index contributed by atoms with van der Waals surface area (Å²) in [4.78, 5) is 22.9. The van der Waals surface area contributed by atoms with Crippen LogP contribution in [0.1, 0.15) is 10.5 Å². The lowest BCUT2D eigenvalue weighted by Crippen LogP contribution is -2.02. The Bertz CT molecular complexity index is 472. The molecule has 0 saturated carbocycles. The van der Waals surface area contributed by atoms with Crippen LogP contribution in [0.4, 0.5) is 0 Å². The van der Waals surface area contributed by atoms with Gasteiger partial charge in [0.25, 0.3) is 0 Å². The molecule has 0 spiro atoms. The Labute approximate surface area is 93.2 Å². The van der Waals surface area contributed by atoms with Gasteiger partial charge in [0.15, 0.2) is 10.0 Å². The van der Waals surface area contributed by atoms with E-state index in [9.17, 15) is 4.79 Å². The second kappa shape index (κ2) is 4.37. The number of rotatable bonds is 3. The van der Waals surface area contributed by atoms with Gasteiger partial charge in [-0.3, -0.25) is 0 Å². The maximum absolute atomic E-state index is 10.8. The fraction of sp³-hybridized carbons (Fsp3) is 0. The molecule has 0 bridgehead atoms. The van der Waals surface area contributed by atoms with E-state index in [2.05, 4.69) is 15.0 Å². The number of thiazole rings is 1. The van der Waals surface area contributed by atoms with Crippen LogP contribution in [0.2, 0.25) is 0 Å². The number of hydrogen-bond donors (Lipinski definition) is 1. The van der Waals surface area contributed by atoms with Crippen LogP contribution in [-0.4, -0.2) is 26.0 Å². The highest BCUT2D eigenvalue weighted by molar-refractivity contribution is 8.01. The Kier molecular flexibility index (Phi) is 2.93. The van der Waals surface area contributed by atoms with Crippen molar-refractivity contribution in [2.75, 3.05) is 0 Å². The molecule has 0 unspecified atom stereocenters. The Morgan fingerprint density at radius 3 is 3.00 bits per heavy atom. The van der Waals surface area contributed by atoms with Crippen molar-refractivity contribution in [2.24, 2.45) is 0 Å². The van der Waals surface area contributed by atoms with Crippen molar-refractivity contribution in [3.63, 3.8) is 0 Å². The summed E-state index contributed by atoms with van der Waals surface area (Å²) in [7, 11) is 0. The summed E-state index contributed by atoms with van der Waals surface area (Å²) < 4.78 is 0.771. The van der Waals surface area contributed by atoms with Crippen LogP contribution in [0.3, 0.4) is 0 Å². The van der Waals surface area contributed by atoms with E-state index in [1.165, 1.54) is 35.6 Å². The Balaban J connectivity index is 2.32. The van der Waals surface area contributed by atoms with Crippen molar-refractivity contribution in [1.82, 2.24) is 15.0 Å². The van der Waals surface area contributed by atoms with Crippen LogP contribution in [0.25, 0.3) is 0 Å². The first-order valence-corrected chi connectivity index (χ1v) is 5.57. The molecule has 76 valence electrons. The highest BCUT2D eigenvalue weighted by atomic mass is 32.2. The maximum Gasteiger partial charge on any atom is 0.355 e. The third kappa shape index (κ3) is 2.31. The van der Waals surface area contributed by atoms with Crippen molar-refractivity contribution in [1.29, 1.82) is 0 Å². The summed E-state index contributed by atoms with van der Waals surface area (Å²) in [6.45, 7) is 0. The van der Waals surface area contributed by atoms with E-state index in [1.807, 2.05) is 5.38 Å². The van der Waals surface area contributed by atoms with Crippen LogP contribution in [0, 0.1) is 0 Å². The normalized spacial score (nSPS) is 10.1. The zero-order valence-electron chi connectivity index (χ0n) is 7.32. The van der Waals surface area contributed by atoms with Gasteiger partial charge in [-0.05, 0) is 0 Å². The highest BCUT2D eigenvalue weighted by Gasteiger charge is 2.13. The molecule has 2 aromatic rings. The lowest BCUT2D eigenvalue weighted by molar-refractivity contribution is 0.0686. The number of hydrogen-bond acceptors (Lipinski definition) is 6. The van der Waals surface area contributed by atoms with Crippen molar-refractivity contribution >= 4 is 29.1 Å². The molecule has 7 heteroatoms. The molecule has 2 heterocycles. The SMILES string of the molecule is O=C(O)c1ncncc1Sc1nccs1. The first-order chi connectivity index (χ1) is 7.27. The molecule has 1 N–H and O–H groups in total. The van der Waals surface area contributed by atoms with E-state index in [0.717, 1.165) is 4.34 Å². The summed E-state index contributed by atoms with van der Waals surface area (Å²) in [6, 6.07) is 0. The van der Waals surface area contributed by atoms with Gasteiger partial charge in [0.2, 0.25) is 0 Å². The van der Waals surface area contributed by atoms with E-state index in [1.54, 1.807) is 6.20 Å². The van der Waals surface area contributed by atoms with Crippen molar-refractivity contribution in [3.05, 3.63) is 29.8 Å². The molecule has 0 aliphatic carbocycles. The van der Waals surface area contributed by atoms with Gasteiger partial charge in [0.05, 0.1) is 4.90 Å². The molecule has 0 aliphatic rings. The third-order valence-electron chi connectivity index (χ3n) is 1.49. The summed E-state index contributed by atoms with van der Waals surface area (Å²) >= 11 is 2.69. The zero-order chi connectivity index (χ0) is 10.7. The average Bonchev–Trinajstić information content (AvgIpc) is 2.71. The minimum absolute atomic E-state index is 0.00481. The highest BCUT2D eigenvalue weighted by Crippen LogP contribution is 2.30. The molecular formula is C8H5N3O2S2. The fourth-order valence-corrected chi connectivity index (χ4v) is 2.55. The Hall–Kier alpha value is -1.47. The van der Waals surface area contributed by atoms with Gasteiger partial charge in [-0.25, -0.2) is 19.7 Å². The van der Waals surface area contributed by atoms with Gasteiger partial charge in [0.1, 0.15) is 6.33 Å². The fourth-order valence-electron chi connectivity index (χ4n) is 0.907. The minimum Gasteiger partial charge on any atom is -0.476 e. The Morgan fingerprint density at radius 1 is 1.47 bits per heavy atom. The number of aromatic nitrogens is 3. The lowest BCUT2D eigenvalue weighted by Gasteiger charge is -2.00. The van der Waals surface area contributed by atoms with Gasteiger partial charge >= 0.3 is 5.97 Å². The van der Waals surface area contributed by atoms with E-state index in [-0.39, 0.29) is 5.69 Å². The zero-order valence-corrected chi connectivity index (χ0v) is 8.96. The quantitative estimate of drug-likeness (QED) is 0.879. The molecule has 2 aromatic heterocycles. The molecule has 0 fully saturated rings. The van der Waals surface area contributed by atoms with Gasteiger partial charge in [-0.2, -0.15) is 0 Å². The molecule has 0 saturated heterocycles. The monoisotopic (exact) mass is 239 g/mol. The van der Waals surface area contributed by atoms with Crippen LogP contribution in [-0.2, 0) is 0 Å². The average molecular weight is 239 g/mol. The number of carboxylic acid groups (broad SMARTS) is 1. The number of carbonyl (C=O) groups is 1. The van der Waals surface area contributed by atoms with Gasteiger partial charge in [-0.15, -0.1) is 11.3 Å². The largest absolute Gasteiger partial charge is 0.476 e. The third-order valence-corrected chi connectivity index (χ3v) is 3.39. The number of nitrogens with zero attached hydrogens (tertiary/aromatic N) is 3. The second-order valence-corrected chi connectivity index (χ2v) is 4.62. The van der Waals surface area contributed by atoms with Crippen molar-refractivity contribution in [3.8, 4) is 0 Å². The smallest absolute Gasteiger partial charge is 0.355 e. The Morgan fingerprint density at radius 2 is 2.33 bits per heavy atom. The van der Waals surface area contributed by atoms with E-state index in [4.69, 9.17) is 5.11 Å². The molecule has 0 amide bonds. The maximum atomic E-state index is 10.8. The first kappa shape index (κ1) is 10.1. The number of aromatic carboxylic acids is 1. The van der Waals surface area contributed by atoms with Crippen molar-refractivity contribution < 1.29 is 9.90 Å². The molecule has 0 atom stereocenters. The second-order valence-electron chi connectivity index (χ2n) is 2.44. The molecular weight excluding hydrogens is 234 g/mol. The molecule has 2 rings (SSSR count). The van der Waals surface area contributed by atoms with Crippen LogP contribution < -0.4 is 0 Å². The van der Waals surface area contributed by atoms with Crippen LogP contribution in [0.5, 0.6) is 0 Å². The molecule has 5 nitrogen and oxygen atoms in total. The summed E-state index contributed by atoms with van der Waals surface area (Å²) in [6.07, 6.45) is 4.36. The van der Waals surface area contributed by atoms with Crippen molar-refractivity contribution in [2.45, 2.75) is 9.24 Å².